The van der Waals surface area contributed by atoms with Crippen LogP contribution in [0.5, 0.6) is 0 Å². The van der Waals surface area contributed by atoms with Crippen molar-refractivity contribution in [1.29, 1.82) is 0 Å². The predicted molar refractivity (Wildman–Crippen MR) is 67.2 cm³/mol. The lowest BCUT2D eigenvalue weighted by atomic mass is 10.1. The Morgan fingerprint density at radius 2 is 1.93 bits per heavy atom. The van der Waals surface area contributed by atoms with Gasteiger partial charge in [0.25, 0.3) is 0 Å². The molecule has 0 bridgehead atoms. The number of hydrogen-bond acceptors (Lipinski definition) is 2. The summed E-state index contributed by atoms with van der Waals surface area (Å²) in [6.45, 7) is 4.19. The summed E-state index contributed by atoms with van der Waals surface area (Å²) < 4.78 is 0. The van der Waals surface area contributed by atoms with E-state index in [9.17, 15) is 0 Å². The monoisotopic (exact) mass is 206 g/mol. The average molecular weight is 206 g/mol. The number of anilines is 1. The van der Waals surface area contributed by atoms with Gasteiger partial charge in [-0.15, -0.1) is 0 Å². The zero-order chi connectivity index (χ0) is 11.1. The molecule has 0 aliphatic rings. The van der Waals surface area contributed by atoms with Crippen molar-refractivity contribution in [1.82, 2.24) is 0 Å². The highest BCUT2D eigenvalue weighted by Crippen LogP contribution is 2.14. The zero-order valence-corrected chi connectivity index (χ0v) is 9.82. The van der Waals surface area contributed by atoms with Gasteiger partial charge in [0.1, 0.15) is 0 Å². The summed E-state index contributed by atoms with van der Waals surface area (Å²) in [7, 11) is 2.15. The van der Waals surface area contributed by atoms with E-state index in [0.29, 0.717) is 5.92 Å². The number of para-hydroxylation sites is 1. The van der Waals surface area contributed by atoms with E-state index in [1.54, 1.807) is 0 Å². The molecule has 1 aromatic rings. The Bertz CT molecular complexity index is 258. The minimum Gasteiger partial charge on any atom is -0.374 e. The highest BCUT2D eigenvalue weighted by molar-refractivity contribution is 5.44. The molecule has 0 aliphatic heterocycles. The van der Waals surface area contributed by atoms with E-state index in [0.717, 1.165) is 19.5 Å². The maximum atomic E-state index is 5.51. The van der Waals surface area contributed by atoms with Crippen LogP contribution in [0.2, 0.25) is 0 Å². The first kappa shape index (κ1) is 12.1. The van der Waals surface area contributed by atoms with E-state index >= 15 is 0 Å². The van der Waals surface area contributed by atoms with Gasteiger partial charge in [-0.25, -0.2) is 0 Å². The minimum absolute atomic E-state index is 0.707. The standard InChI is InChI=1S/C13H22N2/c1-12(7-6-10-14)11-15(2)13-8-4-3-5-9-13/h3-5,8-9,12H,6-7,10-11,14H2,1-2H3. The summed E-state index contributed by atoms with van der Waals surface area (Å²) in [5, 5.41) is 0. The number of rotatable bonds is 6. The molecule has 0 spiro atoms. The largest absolute Gasteiger partial charge is 0.374 e. The van der Waals surface area contributed by atoms with E-state index in [2.05, 4.69) is 49.2 Å². The second-order valence-electron chi connectivity index (χ2n) is 4.25. The van der Waals surface area contributed by atoms with Gasteiger partial charge in [0.05, 0.1) is 0 Å². The molecule has 0 saturated heterocycles. The Hall–Kier alpha value is -1.02. The van der Waals surface area contributed by atoms with Gasteiger partial charge in [-0.05, 0) is 37.4 Å². The molecule has 1 unspecified atom stereocenters. The van der Waals surface area contributed by atoms with E-state index in [-0.39, 0.29) is 0 Å². The van der Waals surface area contributed by atoms with Crippen LogP contribution in [0.1, 0.15) is 19.8 Å². The highest BCUT2D eigenvalue weighted by atomic mass is 15.1. The fraction of sp³-hybridized carbons (Fsp3) is 0.538. The molecule has 0 aromatic heterocycles. The Morgan fingerprint density at radius 1 is 1.27 bits per heavy atom. The summed E-state index contributed by atoms with van der Waals surface area (Å²) in [5.74, 6) is 0.707. The molecule has 2 N–H and O–H groups in total. The van der Waals surface area contributed by atoms with Gasteiger partial charge in [0, 0.05) is 19.3 Å². The third-order valence-corrected chi connectivity index (χ3v) is 2.68. The summed E-state index contributed by atoms with van der Waals surface area (Å²) in [4.78, 5) is 2.31. The van der Waals surface area contributed by atoms with Crippen LogP contribution >= 0.6 is 0 Å². The molecule has 1 atom stereocenters. The molecule has 2 nitrogen and oxygen atoms in total. The van der Waals surface area contributed by atoms with Crippen molar-refractivity contribution < 1.29 is 0 Å². The fourth-order valence-electron chi connectivity index (χ4n) is 1.81. The van der Waals surface area contributed by atoms with Crippen molar-refractivity contribution >= 4 is 5.69 Å². The zero-order valence-electron chi connectivity index (χ0n) is 9.82. The normalized spacial score (nSPS) is 12.5. The molecular weight excluding hydrogens is 184 g/mol. The molecule has 1 aromatic carbocycles. The first-order chi connectivity index (χ1) is 7.24. The number of benzene rings is 1. The Labute approximate surface area is 93.1 Å². The maximum Gasteiger partial charge on any atom is 0.0363 e. The Kier molecular flexibility index (Phi) is 5.19. The lowest BCUT2D eigenvalue weighted by Crippen LogP contribution is -2.24. The van der Waals surface area contributed by atoms with Crippen LogP contribution in [0.25, 0.3) is 0 Å². The van der Waals surface area contributed by atoms with Gasteiger partial charge < -0.3 is 10.6 Å². The van der Waals surface area contributed by atoms with Crippen molar-refractivity contribution in [2.45, 2.75) is 19.8 Å². The first-order valence-electron chi connectivity index (χ1n) is 5.70. The van der Waals surface area contributed by atoms with Crippen molar-refractivity contribution in [3.05, 3.63) is 30.3 Å². The van der Waals surface area contributed by atoms with Crippen molar-refractivity contribution in [3.63, 3.8) is 0 Å². The number of nitrogens with two attached hydrogens (primary N) is 1. The molecule has 2 heteroatoms. The number of hydrogen-bond donors (Lipinski definition) is 1. The van der Waals surface area contributed by atoms with Gasteiger partial charge in [-0.1, -0.05) is 25.1 Å². The van der Waals surface area contributed by atoms with Gasteiger partial charge in [-0.2, -0.15) is 0 Å². The maximum absolute atomic E-state index is 5.51. The van der Waals surface area contributed by atoms with Crippen molar-refractivity contribution in [3.8, 4) is 0 Å². The molecule has 0 radical (unpaired) electrons. The Morgan fingerprint density at radius 3 is 2.53 bits per heavy atom. The minimum atomic E-state index is 0.707. The molecule has 0 aliphatic carbocycles. The topological polar surface area (TPSA) is 29.3 Å². The number of nitrogens with zero attached hydrogens (tertiary/aromatic N) is 1. The van der Waals surface area contributed by atoms with Crippen LogP contribution in [0.3, 0.4) is 0 Å². The van der Waals surface area contributed by atoms with Crippen molar-refractivity contribution in [2.75, 3.05) is 25.0 Å². The smallest absolute Gasteiger partial charge is 0.0363 e. The second kappa shape index (κ2) is 6.46. The average Bonchev–Trinajstić information content (AvgIpc) is 2.27. The molecule has 1 rings (SSSR count). The van der Waals surface area contributed by atoms with Gasteiger partial charge in [-0.3, -0.25) is 0 Å². The van der Waals surface area contributed by atoms with Gasteiger partial charge in [0.2, 0.25) is 0 Å². The van der Waals surface area contributed by atoms with Crippen LogP contribution in [0.4, 0.5) is 5.69 Å². The van der Waals surface area contributed by atoms with E-state index in [1.165, 1.54) is 12.1 Å². The summed E-state index contributed by atoms with van der Waals surface area (Å²) >= 11 is 0. The van der Waals surface area contributed by atoms with Crippen LogP contribution in [0.15, 0.2) is 30.3 Å². The molecule has 84 valence electrons. The van der Waals surface area contributed by atoms with Crippen LogP contribution in [-0.2, 0) is 0 Å². The summed E-state index contributed by atoms with van der Waals surface area (Å²) in [6.07, 6.45) is 2.34. The molecule has 0 heterocycles. The van der Waals surface area contributed by atoms with Crippen LogP contribution < -0.4 is 10.6 Å². The molecular formula is C13H22N2. The van der Waals surface area contributed by atoms with E-state index in [4.69, 9.17) is 5.73 Å². The second-order valence-corrected chi connectivity index (χ2v) is 4.25. The summed E-state index contributed by atoms with van der Waals surface area (Å²) in [5.41, 5.74) is 6.79. The summed E-state index contributed by atoms with van der Waals surface area (Å²) in [6, 6.07) is 10.5. The molecule has 0 saturated carbocycles. The van der Waals surface area contributed by atoms with Gasteiger partial charge >= 0.3 is 0 Å². The lowest BCUT2D eigenvalue weighted by molar-refractivity contribution is 0.514. The molecule has 15 heavy (non-hydrogen) atoms. The predicted octanol–water partition coefficient (Wildman–Crippen LogP) is 2.50. The van der Waals surface area contributed by atoms with Crippen LogP contribution in [-0.4, -0.2) is 20.1 Å². The quantitative estimate of drug-likeness (QED) is 0.775. The van der Waals surface area contributed by atoms with Crippen molar-refractivity contribution in [2.24, 2.45) is 11.7 Å². The third kappa shape index (κ3) is 4.34. The van der Waals surface area contributed by atoms with Crippen LogP contribution in [0, 0.1) is 5.92 Å². The third-order valence-electron chi connectivity index (χ3n) is 2.68. The SMILES string of the molecule is CC(CCCN)CN(C)c1ccccc1. The lowest BCUT2D eigenvalue weighted by Gasteiger charge is -2.23. The van der Waals surface area contributed by atoms with E-state index in [1.807, 2.05) is 0 Å². The molecule has 0 fully saturated rings. The highest BCUT2D eigenvalue weighted by Gasteiger charge is 2.06. The molecule has 0 amide bonds. The first-order valence-corrected chi connectivity index (χ1v) is 5.70. The van der Waals surface area contributed by atoms with E-state index < -0.39 is 0 Å². The van der Waals surface area contributed by atoms with Gasteiger partial charge in [0.15, 0.2) is 0 Å². The fourth-order valence-corrected chi connectivity index (χ4v) is 1.81. The Balaban J connectivity index is 2.38.